The lowest BCUT2D eigenvalue weighted by atomic mass is 9.51. The Balaban J connectivity index is 1.14. The number of hydrogen-bond acceptors (Lipinski definition) is 13. The lowest BCUT2D eigenvalue weighted by molar-refractivity contribution is -0.392. The maximum absolute atomic E-state index is 15.2. The highest BCUT2D eigenvalue weighted by molar-refractivity contribution is 7.22. The maximum atomic E-state index is 15.2. The van der Waals surface area contributed by atoms with Gasteiger partial charge in [-0.3, -0.25) is 44.1 Å². The van der Waals surface area contributed by atoms with Crippen LogP contribution in [0.2, 0.25) is 5.02 Å². The van der Waals surface area contributed by atoms with Crippen LogP contribution in [0.1, 0.15) is 36.8 Å². The molecule has 4 heterocycles. The number of fused-ring (bicyclic) bond motifs is 5. The van der Waals surface area contributed by atoms with E-state index in [1.165, 1.54) is 39.9 Å². The van der Waals surface area contributed by atoms with Crippen LogP contribution in [0.3, 0.4) is 0 Å². The normalized spacial score (nSPS) is 24.1. The summed E-state index contributed by atoms with van der Waals surface area (Å²) in [4.78, 5) is 86.4. The molecular weight excluding hydrogens is 854 g/mol. The zero-order valence-electron chi connectivity index (χ0n) is 34.6. The number of halogens is 1. The van der Waals surface area contributed by atoms with Crippen molar-refractivity contribution in [2.45, 2.75) is 32.6 Å². The zero-order chi connectivity index (χ0) is 45.0. The van der Waals surface area contributed by atoms with E-state index in [0.29, 0.717) is 27.6 Å². The monoisotopic (exact) mass is 893 g/mol. The molecule has 0 radical (unpaired) electrons. The molecule has 2 aliphatic carbocycles. The van der Waals surface area contributed by atoms with Gasteiger partial charge in [-0.2, -0.15) is 5.10 Å². The molecule has 6 atom stereocenters. The molecule has 324 valence electrons. The van der Waals surface area contributed by atoms with Crippen molar-refractivity contribution in [2.24, 2.45) is 36.1 Å². The molecule has 17 nitrogen and oxygen atoms in total. The van der Waals surface area contributed by atoms with Crippen molar-refractivity contribution in [1.82, 2.24) is 9.78 Å². The van der Waals surface area contributed by atoms with Crippen molar-refractivity contribution in [3.8, 4) is 16.3 Å². The van der Waals surface area contributed by atoms with Gasteiger partial charge in [-0.1, -0.05) is 35.4 Å². The summed E-state index contributed by atoms with van der Waals surface area (Å²) in [6, 6.07) is 16.3. The smallest absolute Gasteiger partial charge is 0.301 e. The summed E-state index contributed by atoms with van der Waals surface area (Å²) in [7, 11) is 4.49. The number of aromatic nitrogens is 2. The van der Waals surface area contributed by atoms with Crippen LogP contribution in [-0.2, 0) is 26.2 Å². The number of aliphatic hydroxyl groups is 1. The first-order valence-electron chi connectivity index (χ1n) is 20.1. The Hall–Kier alpha value is -6.50. The molecule has 2 aromatic heterocycles. The largest absolute Gasteiger partial charge is 0.491 e. The number of nitrogens with zero attached hydrogens (tertiary/aromatic N) is 7. The van der Waals surface area contributed by atoms with Gasteiger partial charge in [-0.25, -0.2) is 9.80 Å². The first kappa shape index (κ1) is 41.8. The topological polar surface area (TPSA) is 212 Å². The number of imide groups is 2. The third kappa shape index (κ3) is 6.24. The van der Waals surface area contributed by atoms with Crippen molar-refractivity contribution in [3.63, 3.8) is 0 Å². The average molecular weight is 894 g/mol. The highest BCUT2D eigenvalue weighted by atomic mass is 35.5. The number of amides is 4. The summed E-state index contributed by atoms with van der Waals surface area (Å²) >= 11 is 7.84. The number of aryl methyl sites for hydroxylation is 2. The summed E-state index contributed by atoms with van der Waals surface area (Å²) in [5.74, 6) is -6.09. The Bertz CT molecular complexity index is 2840. The van der Waals surface area contributed by atoms with E-state index in [4.69, 9.17) is 21.4 Å². The van der Waals surface area contributed by atoms with Gasteiger partial charge in [0.25, 0.3) is 0 Å². The van der Waals surface area contributed by atoms with Gasteiger partial charge in [-0.15, -0.1) is 11.3 Å². The molecule has 3 aromatic carbocycles. The molecule has 1 saturated carbocycles. The Morgan fingerprint density at radius 2 is 1.63 bits per heavy atom. The van der Waals surface area contributed by atoms with E-state index in [1.54, 1.807) is 44.3 Å². The number of nitro benzene ring substituents is 2. The van der Waals surface area contributed by atoms with E-state index >= 15 is 9.59 Å². The summed E-state index contributed by atoms with van der Waals surface area (Å²) in [6.45, 7) is 3.58. The fourth-order valence-electron chi connectivity index (χ4n) is 10.5. The number of hydrogen-bond donors (Lipinski definition) is 1. The van der Waals surface area contributed by atoms with Crippen LogP contribution < -0.4 is 19.4 Å². The number of ether oxygens (including phenoxy) is 1. The van der Waals surface area contributed by atoms with Crippen LogP contribution in [0, 0.1) is 56.2 Å². The molecule has 4 amide bonds. The summed E-state index contributed by atoms with van der Waals surface area (Å²) < 4.78 is 8.13. The minimum atomic E-state index is -1.39. The predicted molar refractivity (Wildman–Crippen MR) is 234 cm³/mol. The minimum absolute atomic E-state index is 0.0202. The fourth-order valence-corrected chi connectivity index (χ4v) is 11.8. The van der Waals surface area contributed by atoms with Crippen LogP contribution in [-0.4, -0.2) is 75.7 Å². The molecule has 6 unspecified atom stereocenters. The Labute approximate surface area is 368 Å². The van der Waals surface area contributed by atoms with E-state index < -0.39 is 79.9 Å². The summed E-state index contributed by atoms with van der Waals surface area (Å²) in [5.41, 5.74) is -0.442. The van der Waals surface area contributed by atoms with Crippen LogP contribution >= 0.6 is 22.9 Å². The molecule has 2 saturated heterocycles. The van der Waals surface area contributed by atoms with Crippen molar-refractivity contribution in [1.29, 1.82) is 0 Å². The number of aliphatic hydroxyl groups excluding tert-OH is 1. The van der Waals surface area contributed by atoms with Gasteiger partial charge < -0.3 is 14.7 Å². The highest BCUT2D eigenvalue weighted by Crippen LogP contribution is 2.64. The molecule has 3 fully saturated rings. The number of anilines is 3. The molecule has 19 heteroatoms. The number of carbonyl (C=O) groups excluding carboxylic acids is 4. The van der Waals surface area contributed by atoms with Gasteiger partial charge in [0.2, 0.25) is 23.6 Å². The van der Waals surface area contributed by atoms with E-state index in [0.717, 1.165) is 37.6 Å². The molecule has 9 rings (SSSR count). The number of benzene rings is 3. The lowest BCUT2D eigenvalue weighted by Gasteiger charge is -2.49. The first-order chi connectivity index (χ1) is 30.0. The fraction of sp³-hybridized carbons (Fsp3) is 0.341. The van der Waals surface area contributed by atoms with E-state index in [2.05, 4.69) is 0 Å². The second kappa shape index (κ2) is 15.1. The van der Waals surface area contributed by atoms with E-state index in [9.17, 15) is 34.9 Å². The van der Waals surface area contributed by atoms with E-state index in [-0.39, 0.29) is 43.2 Å². The summed E-state index contributed by atoms with van der Waals surface area (Å²) in [5, 5.41) is 40.2. The lowest BCUT2D eigenvalue weighted by Crippen LogP contribution is -2.48. The van der Waals surface area contributed by atoms with Crippen LogP contribution in [0.25, 0.3) is 20.7 Å². The van der Waals surface area contributed by atoms with Gasteiger partial charge in [-0.05, 0) is 79.5 Å². The van der Waals surface area contributed by atoms with Crippen LogP contribution in [0.5, 0.6) is 5.75 Å². The van der Waals surface area contributed by atoms with Gasteiger partial charge in [0, 0.05) is 55.0 Å². The highest BCUT2D eigenvalue weighted by Gasteiger charge is 2.68. The first-order valence-corrected chi connectivity index (χ1v) is 21.3. The van der Waals surface area contributed by atoms with E-state index in [1.807, 2.05) is 31.2 Å². The Morgan fingerprint density at radius 1 is 0.952 bits per heavy atom. The zero-order valence-corrected chi connectivity index (χ0v) is 36.2. The molecule has 63 heavy (non-hydrogen) atoms. The van der Waals surface area contributed by atoms with Crippen molar-refractivity contribution < 1.29 is 38.9 Å². The van der Waals surface area contributed by atoms with Crippen LogP contribution in [0.4, 0.5) is 28.6 Å². The number of nitro groups is 2. The average Bonchev–Trinajstić information content (AvgIpc) is 3.92. The number of thiophene rings is 1. The van der Waals surface area contributed by atoms with Gasteiger partial charge in [0.15, 0.2) is 5.69 Å². The minimum Gasteiger partial charge on any atom is -0.491 e. The van der Waals surface area contributed by atoms with Gasteiger partial charge in [0.1, 0.15) is 23.9 Å². The number of rotatable bonds is 10. The molecule has 5 aromatic rings. The quantitative estimate of drug-likeness (QED) is 0.0653. The molecule has 1 N–H and O–H groups in total. The Morgan fingerprint density at radius 3 is 2.27 bits per heavy atom. The number of allylic oxidation sites excluding steroid dienone is 2. The molecule has 2 aliphatic heterocycles. The Kier molecular flexibility index (Phi) is 10.0. The second-order valence-corrected chi connectivity index (χ2v) is 18.3. The second-order valence-electron chi connectivity index (χ2n) is 16.8. The predicted octanol–water partition coefficient (Wildman–Crippen LogP) is 6.95. The molecule has 4 aliphatic rings. The van der Waals surface area contributed by atoms with Crippen molar-refractivity contribution in [2.75, 3.05) is 42.0 Å². The molecule has 0 bridgehead atoms. The maximum Gasteiger partial charge on any atom is 0.301 e. The van der Waals surface area contributed by atoms with Crippen LogP contribution in [0.15, 0.2) is 72.3 Å². The van der Waals surface area contributed by atoms with Crippen molar-refractivity contribution in [3.05, 3.63) is 109 Å². The molecule has 0 spiro atoms. The number of carbonyl (C=O) groups is 4. The van der Waals surface area contributed by atoms with Gasteiger partial charge in [0.05, 0.1) is 50.2 Å². The third-order valence-electron chi connectivity index (χ3n) is 13.2. The van der Waals surface area contributed by atoms with Crippen molar-refractivity contribution >= 4 is 85.2 Å². The standard InChI is InChI=1S/C44H40ClN7O10S/c1-21-28-16-23(45)8-13-34(28)63-39(21)31-20-35(48(5)46-31)50-41(55)30-19-29-26(37(44(30,2)43(50)57)22-6-9-25(10-7-22)62-15-14-53)11-12-27-36(29)42(56)49(40(27)54)24-17-32(51(58)59)38(47(3)4)33(18-24)52(60)61/h6-11,13,16-18,20,27,29-30,36-37,53H,12,14-15,19H2,1-5H3. The SMILES string of the molecule is Cc1c(-c2cc(N3C(=O)C4CC5C(=CCC6C(=O)N(c7cc([N+](=O)[O-])c(N(C)C)c([N+](=O)[O-])c7)C(=O)C65)C(c5ccc(OCCO)cc5)C4(C)C3=O)n(C)n2)sc2ccc(Cl)cc12. The van der Waals surface area contributed by atoms with Gasteiger partial charge >= 0.3 is 11.4 Å². The third-order valence-corrected chi connectivity index (χ3v) is 14.7. The molecular formula is C44H40ClN7O10S. The summed E-state index contributed by atoms with van der Waals surface area (Å²) in [6.07, 6.45) is 1.96.